The number of nitrogens with zero attached hydrogens (tertiary/aromatic N) is 1. The van der Waals surface area contributed by atoms with Crippen LogP contribution in [0.25, 0.3) is 11.3 Å². The van der Waals surface area contributed by atoms with Gasteiger partial charge in [-0.1, -0.05) is 5.16 Å². The average Bonchev–Trinajstić information content (AvgIpc) is 2.91. The van der Waals surface area contributed by atoms with Gasteiger partial charge in [-0.25, -0.2) is 9.18 Å². The van der Waals surface area contributed by atoms with Crippen LogP contribution in [0.5, 0.6) is 0 Å². The number of carbonyl (C=O) groups excluding carboxylic acids is 1. The van der Waals surface area contributed by atoms with E-state index in [-0.39, 0.29) is 17.3 Å². The Balaban J connectivity index is 2.36. The zero-order valence-corrected chi connectivity index (χ0v) is 11.7. The van der Waals surface area contributed by atoms with E-state index in [4.69, 9.17) is 14.0 Å². The summed E-state index contributed by atoms with van der Waals surface area (Å²) >= 11 is 0. The Kier molecular flexibility index (Phi) is 4.89. The van der Waals surface area contributed by atoms with Gasteiger partial charge in [0.2, 0.25) is 5.88 Å². The monoisotopic (exact) mass is 294 g/mol. The lowest BCUT2D eigenvalue weighted by molar-refractivity contribution is 0.0602. The number of methoxy groups -OCH3 is 2. The number of benzene rings is 1. The molecule has 0 aliphatic heterocycles. The van der Waals surface area contributed by atoms with Gasteiger partial charge < -0.3 is 19.3 Å². The first-order chi connectivity index (χ1) is 10.2. The van der Waals surface area contributed by atoms with Crippen molar-refractivity contribution in [1.82, 2.24) is 5.16 Å². The van der Waals surface area contributed by atoms with Crippen molar-refractivity contribution in [2.75, 3.05) is 32.7 Å². The number of esters is 1. The van der Waals surface area contributed by atoms with Crippen LogP contribution in [0.1, 0.15) is 10.4 Å². The van der Waals surface area contributed by atoms with Crippen LogP contribution in [-0.4, -0.2) is 38.5 Å². The lowest BCUT2D eigenvalue weighted by atomic mass is 10.1. The minimum absolute atomic E-state index is 0.167. The van der Waals surface area contributed by atoms with Crippen LogP contribution in [0.2, 0.25) is 0 Å². The third-order valence-electron chi connectivity index (χ3n) is 2.79. The molecule has 0 aliphatic carbocycles. The normalized spacial score (nSPS) is 10.4. The Morgan fingerprint density at radius 1 is 1.33 bits per heavy atom. The number of carbonyl (C=O) groups is 1. The second-order valence-corrected chi connectivity index (χ2v) is 4.15. The number of nitrogens with one attached hydrogen (secondary N) is 1. The van der Waals surface area contributed by atoms with Gasteiger partial charge in [-0.15, -0.1) is 0 Å². The average molecular weight is 294 g/mol. The van der Waals surface area contributed by atoms with Crippen LogP contribution in [0.3, 0.4) is 0 Å². The quantitative estimate of drug-likeness (QED) is 0.651. The molecule has 7 heteroatoms. The highest BCUT2D eigenvalue weighted by Crippen LogP contribution is 2.29. The molecule has 21 heavy (non-hydrogen) atoms. The number of hydrogen-bond donors (Lipinski definition) is 1. The van der Waals surface area contributed by atoms with Crippen LogP contribution in [-0.2, 0) is 9.47 Å². The zero-order valence-electron chi connectivity index (χ0n) is 11.7. The van der Waals surface area contributed by atoms with Crippen LogP contribution in [0.4, 0.5) is 10.3 Å². The van der Waals surface area contributed by atoms with E-state index in [1.807, 2.05) is 0 Å². The van der Waals surface area contributed by atoms with Gasteiger partial charge in [0, 0.05) is 19.2 Å². The third-order valence-corrected chi connectivity index (χ3v) is 2.79. The smallest absolute Gasteiger partial charge is 0.345 e. The molecule has 0 aliphatic rings. The van der Waals surface area contributed by atoms with Crippen LogP contribution in [0.15, 0.2) is 28.8 Å². The number of halogens is 1. The van der Waals surface area contributed by atoms with Crippen LogP contribution in [0, 0.1) is 5.82 Å². The molecule has 0 bridgehead atoms. The predicted molar refractivity (Wildman–Crippen MR) is 73.6 cm³/mol. The summed E-state index contributed by atoms with van der Waals surface area (Å²) in [6.45, 7) is 0.881. The Morgan fingerprint density at radius 2 is 2.05 bits per heavy atom. The van der Waals surface area contributed by atoms with E-state index in [1.165, 1.54) is 31.4 Å². The van der Waals surface area contributed by atoms with E-state index in [1.54, 1.807) is 7.11 Å². The minimum Gasteiger partial charge on any atom is -0.465 e. The van der Waals surface area contributed by atoms with Crippen molar-refractivity contribution in [1.29, 1.82) is 0 Å². The molecule has 6 nitrogen and oxygen atoms in total. The van der Waals surface area contributed by atoms with Crippen molar-refractivity contribution in [2.45, 2.75) is 0 Å². The van der Waals surface area contributed by atoms with Gasteiger partial charge >= 0.3 is 5.97 Å². The summed E-state index contributed by atoms with van der Waals surface area (Å²) < 4.78 is 27.8. The Labute approximate surface area is 120 Å². The van der Waals surface area contributed by atoms with Crippen molar-refractivity contribution in [3.8, 4) is 11.3 Å². The summed E-state index contributed by atoms with van der Waals surface area (Å²) in [5.41, 5.74) is 1.02. The van der Waals surface area contributed by atoms with Crippen LogP contribution >= 0.6 is 0 Å². The SMILES string of the molecule is COCCNc1onc(-c2ccc(F)cc2)c1C(=O)OC. The van der Waals surface area contributed by atoms with E-state index < -0.39 is 5.97 Å². The maximum absolute atomic E-state index is 13.0. The number of aromatic nitrogens is 1. The maximum Gasteiger partial charge on any atom is 0.345 e. The zero-order chi connectivity index (χ0) is 15.2. The van der Waals surface area contributed by atoms with Crippen molar-refractivity contribution in [3.63, 3.8) is 0 Å². The van der Waals surface area contributed by atoms with Gasteiger partial charge in [0.25, 0.3) is 0 Å². The van der Waals surface area contributed by atoms with Gasteiger partial charge in [-0.3, -0.25) is 0 Å². The van der Waals surface area contributed by atoms with E-state index in [2.05, 4.69) is 10.5 Å². The minimum atomic E-state index is -0.588. The first-order valence-corrected chi connectivity index (χ1v) is 6.24. The summed E-state index contributed by atoms with van der Waals surface area (Å²) in [7, 11) is 2.83. The molecule has 0 spiro atoms. The molecule has 0 fully saturated rings. The second kappa shape index (κ2) is 6.85. The molecule has 2 aromatic rings. The lowest BCUT2D eigenvalue weighted by Crippen LogP contribution is -2.11. The molecule has 0 amide bonds. The largest absolute Gasteiger partial charge is 0.465 e. The summed E-state index contributed by atoms with van der Waals surface area (Å²) in [4.78, 5) is 11.9. The molecule has 112 valence electrons. The summed E-state index contributed by atoms with van der Waals surface area (Å²) in [5, 5.41) is 6.76. The van der Waals surface area contributed by atoms with Crippen molar-refractivity contribution >= 4 is 11.9 Å². The molecular weight excluding hydrogens is 279 g/mol. The fourth-order valence-corrected chi connectivity index (χ4v) is 1.77. The number of rotatable bonds is 6. The van der Waals surface area contributed by atoms with Gasteiger partial charge in [0.15, 0.2) is 5.56 Å². The summed E-state index contributed by atoms with van der Waals surface area (Å²) in [5.74, 6) is -0.769. The molecule has 0 saturated heterocycles. The molecular formula is C14H15FN2O4. The van der Waals surface area contributed by atoms with Crippen molar-refractivity contribution in [2.24, 2.45) is 0 Å². The summed E-state index contributed by atoms with van der Waals surface area (Å²) in [6, 6.07) is 5.59. The summed E-state index contributed by atoms with van der Waals surface area (Å²) in [6.07, 6.45) is 0. The predicted octanol–water partition coefficient (Wildman–Crippen LogP) is 2.33. The van der Waals surface area contributed by atoms with Gasteiger partial charge in [-0.05, 0) is 24.3 Å². The number of hydrogen-bond acceptors (Lipinski definition) is 6. The number of ether oxygens (including phenoxy) is 2. The molecule has 0 unspecified atom stereocenters. The maximum atomic E-state index is 13.0. The first-order valence-electron chi connectivity index (χ1n) is 6.24. The van der Waals surface area contributed by atoms with E-state index >= 15 is 0 Å². The first kappa shape index (κ1) is 15.0. The molecule has 1 aromatic carbocycles. The molecule has 1 N–H and O–H groups in total. The van der Waals surface area contributed by atoms with Gasteiger partial charge in [0.05, 0.1) is 13.7 Å². The second-order valence-electron chi connectivity index (χ2n) is 4.15. The molecule has 1 heterocycles. The highest BCUT2D eigenvalue weighted by atomic mass is 19.1. The highest BCUT2D eigenvalue weighted by molar-refractivity contribution is 6.00. The fraction of sp³-hybridized carbons (Fsp3) is 0.286. The molecule has 0 saturated carbocycles. The molecule has 1 aromatic heterocycles. The fourth-order valence-electron chi connectivity index (χ4n) is 1.77. The third kappa shape index (κ3) is 3.38. The molecule has 0 radical (unpaired) electrons. The topological polar surface area (TPSA) is 73.6 Å². The van der Waals surface area contributed by atoms with E-state index in [0.717, 1.165) is 0 Å². The molecule has 2 rings (SSSR count). The van der Waals surface area contributed by atoms with Gasteiger partial charge in [0.1, 0.15) is 11.5 Å². The van der Waals surface area contributed by atoms with Gasteiger partial charge in [-0.2, -0.15) is 0 Å². The molecule has 0 atom stereocenters. The van der Waals surface area contributed by atoms with Crippen molar-refractivity contribution in [3.05, 3.63) is 35.6 Å². The number of anilines is 1. The lowest BCUT2D eigenvalue weighted by Gasteiger charge is -2.04. The standard InChI is InChI=1S/C14H15FN2O4/c1-19-8-7-16-13-11(14(18)20-2)12(17-21-13)9-3-5-10(15)6-4-9/h3-6,16H,7-8H2,1-2H3. The van der Waals surface area contributed by atoms with Crippen molar-refractivity contribution < 1.29 is 23.2 Å². The highest BCUT2D eigenvalue weighted by Gasteiger charge is 2.24. The Bertz CT molecular complexity index is 610. The van der Waals surface area contributed by atoms with Crippen LogP contribution < -0.4 is 5.32 Å². The Hall–Kier alpha value is -2.41. The Morgan fingerprint density at radius 3 is 2.67 bits per heavy atom. The van der Waals surface area contributed by atoms with E-state index in [0.29, 0.717) is 24.4 Å². The van der Waals surface area contributed by atoms with E-state index in [9.17, 15) is 9.18 Å².